The van der Waals surface area contributed by atoms with E-state index >= 15 is 0 Å². The number of ether oxygens (including phenoxy) is 2. The summed E-state index contributed by atoms with van der Waals surface area (Å²) < 4.78 is 51.7. The Morgan fingerprint density at radius 1 is 1.20 bits per heavy atom. The van der Waals surface area contributed by atoms with Gasteiger partial charge in [-0.1, -0.05) is 19.1 Å². The average molecular weight is 437 g/mol. The van der Waals surface area contributed by atoms with Gasteiger partial charge in [-0.2, -0.15) is 4.31 Å². The van der Waals surface area contributed by atoms with E-state index < -0.39 is 21.7 Å². The molecule has 0 saturated carbocycles. The quantitative estimate of drug-likeness (QED) is 0.722. The van der Waals surface area contributed by atoms with Gasteiger partial charge in [0.05, 0.1) is 36.8 Å². The standard InChI is InChI=1S/C21H25FN2O5S/c1-3-20(15-4-6-16(28-2)7-5-15)23-21(25)18-14-17(8-9-19(18)22)30(26,27)24-10-12-29-13-11-24/h4-9,14,20H,3,10-13H2,1-2H3,(H,23,25)/t20-/m0/s1. The molecular formula is C21H25FN2O5S. The van der Waals surface area contributed by atoms with Gasteiger partial charge in [0.1, 0.15) is 11.6 Å². The number of carbonyl (C=O) groups is 1. The van der Waals surface area contributed by atoms with Crippen LogP contribution in [0.4, 0.5) is 4.39 Å². The van der Waals surface area contributed by atoms with E-state index in [1.54, 1.807) is 19.2 Å². The highest BCUT2D eigenvalue weighted by atomic mass is 32.2. The zero-order valence-corrected chi connectivity index (χ0v) is 17.7. The van der Waals surface area contributed by atoms with Crippen LogP contribution in [0.3, 0.4) is 0 Å². The van der Waals surface area contributed by atoms with Crippen molar-refractivity contribution in [2.45, 2.75) is 24.3 Å². The lowest BCUT2D eigenvalue weighted by molar-refractivity contribution is 0.0730. The Labute approximate surface area is 175 Å². The summed E-state index contributed by atoms with van der Waals surface area (Å²) in [5.74, 6) is -0.765. The number of hydrogen-bond acceptors (Lipinski definition) is 5. The van der Waals surface area contributed by atoms with E-state index in [9.17, 15) is 17.6 Å². The Morgan fingerprint density at radius 2 is 1.87 bits per heavy atom. The lowest BCUT2D eigenvalue weighted by Gasteiger charge is -2.26. The molecule has 162 valence electrons. The first-order valence-corrected chi connectivity index (χ1v) is 11.1. The SMILES string of the molecule is CC[C@H](NC(=O)c1cc(S(=O)(=O)N2CCOCC2)ccc1F)c1ccc(OC)cc1. The van der Waals surface area contributed by atoms with Crippen molar-refractivity contribution in [3.8, 4) is 5.75 Å². The zero-order valence-electron chi connectivity index (χ0n) is 16.9. The monoisotopic (exact) mass is 436 g/mol. The third kappa shape index (κ3) is 4.80. The molecule has 2 aromatic rings. The van der Waals surface area contributed by atoms with Crippen molar-refractivity contribution in [2.24, 2.45) is 0 Å². The first-order chi connectivity index (χ1) is 14.4. The van der Waals surface area contributed by atoms with E-state index in [1.165, 1.54) is 10.4 Å². The Bertz CT molecular complexity index is 989. The molecule has 1 aliphatic rings. The highest BCUT2D eigenvalue weighted by molar-refractivity contribution is 7.89. The van der Waals surface area contributed by atoms with Gasteiger partial charge in [-0.05, 0) is 42.3 Å². The van der Waals surface area contributed by atoms with E-state index in [-0.39, 0.29) is 29.6 Å². The van der Waals surface area contributed by atoms with Crippen molar-refractivity contribution in [1.29, 1.82) is 0 Å². The highest BCUT2D eigenvalue weighted by Crippen LogP contribution is 2.23. The van der Waals surface area contributed by atoms with Crippen molar-refractivity contribution in [2.75, 3.05) is 33.4 Å². The number of amides is 1. The number of halogens is 1. The summed E-state index contributed by atoms with van der Waals surface area (Å²) in [7, 11) is -2.27. The summed E-state index contributed by atoms with van der Waals surface area (Å²) in [6.07, 6.45) is 0.575. The van der Waals surface area contributed by atoms with Gasteiger partial charge in [0.15, 0.2) is 0 Å². The minimum atomic E-state index is -3.84. The number of nitrogens with one attached hydrogen (secondary N) is 1. The molecule has 1 aliphatic heterocycles. The van der Waals surface area contributed by atoms with Crippen LogP contribution in [-0.2, 0) is 14.8 Å². The number of methoxy groups -OCH3 is 1. The van der Waals surface area contributed by atoms with Crippen LogP contribution >= 0.6 is 0 Å². The Hall–Kier alpha value is -2.49. The molecule has 0 radical (unpaired) electrons. The maximum absolute atomic E-state index is 14.4. The molecule has 0 unspecified atom stereocenters. The molecule has 0 aromatic heterocycles. The van der Waals surface area contributed by atoms with Crippen LogP contribution in [0.15, 0.2) is 47.4 Å². The normalized spacial score (nSPS) is 16.1. The predicted molar refractivity (Wildman–Crippen MR) is 109 cm³/mol. The summed E-state index contributed by atoms with van der Waals surface area (Å²) in [5.41, 5.74) is 0.528. The summed E-state index contributed by atoms with van der Waals surface area (Å²) >= 11 is 0. The van der Waals surface area contributed by atoms with Gasteiger partial charge < -0.3 is 14.8 Å². The van der Waals surface area contributed by atoms with Crippen LogP contribution in [0, 0.1) is 5.82 Å². The molecule has 2 aromatic carbocycles. The van der Waals surface area contributed by atoms with Gasteiger partial charge in [0, 0.05) is 13.1 Å². The second kappa shape index (κ2) is 9.55. The van der Waals surface area contributed by atoms with Crippen molar-refractivity contribution >= 4 is 15.9 Å². The van der Waals surface area contributed by atoms with Crippen LogP contribution in [0.2, 0.25) is 0 Å². The first kappa shape index (κ1) is 22.2. The Morgan fingerprint density at radius 3 is 2.47 bits per heavy atom. The van der Waals surface area contributed by atoms with E-state index in [0.717, 1.165) is 17.7 Å². The van der Waals surface area contributed by atoms with E-state index in [2.05, 4.69) is 5.32 Å². The number of carbonyl (C=O) groups excluding carboxylic acids is 1. The fourth-order valence-electron chi connectivity index (χ4n) is 3.27. The highest BCUT2D eigenvalue weighted by Gasteiger charge is 2.28. The number of benzene rings is 2. The Balaban J connectivity index is 1.83. The molecule has 7 nitrogen and oxygen atoms in total. The molecule has 1 heterocycles. The van der Waals surface area contributed by atoms with Gasteiger partial charge in [-0.3, -0.25) is 4.79 Å². The van der Waals surface area contributed by atoms with Gasteiger partial charge in [-0.25, -0.2) is 12.8 Å². The number of nitrogens with zero attached hydrogens (tertiary/aromatic N) is 1. The summed E-state index contributed by atoms with van der Waals surface area (Å²) in [6.45, 7) is 2.93. The molecule has 9 heteroatoms. The van der Waals surface area contributed by atoms with Gasteiger partial charge in [0.2, 0.25) is 10.0 Å². The molecule has 30 heavy (non-hydrogen) atoms. The minimum absolute atomic E-state index is 0.117. The Kier molecular flexibility index (Phi) is 7.06. The summed E-state index contributed by atoms with van der Waals surface area (Å²) in [4.78, 5) is 12.7. The molecule has 0 bridgehead atoms. The van der Waals surface area contributed by atoms with E-state index in [0.29, 0.717) is 25.4 Å². The number of sulfonamides is 1. The van der Waals surface area contributed by atoms with Crippen molar-refractivity contribution < 1.29 is 27.1 Å². The molecule has 0 aliphatic carbocycles. The molecule has 1 atom stereocenters. The third-order valence-electron chi connectivity index (χ3n) is 5.02. The van der Waals surface area contributed by atoms with Crippen LogP contribution in [-0.4, -0.2) is 52.0 Å². The molecule has 3 rings (SSSR count). The number of rotatable bonds is 7. The van der Waals surface area contributed by atoms with Gasteiger partial charge in [0.25, 0.3) is 5.91 Å². The van der Waals surface area contributed by atoms with Crippen LogP contribution in [0.5, 0.6) is 5.75 Å². The smallest absolute Gasteiger partial charge is 0.254 e. The topological polar surface area (TPSA) is 84.9 Å². The summed E-state index contributed by atoms with van der Waals surface area (Å²) in [5, 5.41) is 2.79. The van der Waals surface area contributed by atoms with Gasteiger partial charge in [-0.15, -0.1) is 0 Å². The second-order valence-corrected chi connectivity index (χ2v) is 8.80. The molecule has 1 saturated heterocycles. The van der Waals surface area contributed by atoms with Crippen molar-refractivity contribution in [3.05, 3.63) is 59.4 Å². The van der Waals surface area contributed by atoms with Crippen molar-refractivity contribution in [3.63, 3.8) is 0 Å². The first-order valence-electron chi connectivity index (χ1n) is 9.69. The number of morpholine rings is 1. The van der Waals surface area contributed by atoms with Crippen LogP contribution in [0.1, 0.15) is 35.3 Å². The van der Waals surface area contributed by atoms with E-state index in [4.69, 9.17) is 9.47 Å². The summed E-state index contributed by atoms with van der Waals surface area (Å²) in [6, 6.07) is 10.1. The molecule has 1 N–H and O–H groups in total. The minimum Gasteiger partial charge on any atom is -0.497 e. The third-order valence-corrected chi connectivity index (χ3v) is 6.92. The van der Waals surface area contributed by atoms with Gasteiger partial charge >= 0.3 is 0 Å². The molecule has 1 fully saturated rings. The fraction of sp³-hybridized carbons (Fsp3) is 0.381. The predicted octanol–water partition coefficient (Wildman–Crippen LogP) is 2.74. The second-order valence-electron chi connectivity index (χ2n) is 6.87. The van der Waals surface area contributed by atoms with Crippen molar-refractivity contribution in [1.82, 2.24) is 9.62 Å². The number of hydrogen-bond donors (Lipinski definition) is 1. The zero-order chi connectivity index (χ0) is 21.7. The maximum atomic E-state index is 14.4. The van der Waals surface area contributed by atoms with Crippen LogP contribution in [0.25, 0.3) is 0 Å². The molecular weight excluding hydrogens is 411 g/mol. The lowest BCUT2D eigenvalue weighted by atomic mass is 10.0. The molecule has 1 amide bonds. The largest absolute Gasteiger partial charge is 0.497 e. The molecule has 0 spiro atoms. The van der Waals surface area contributed by atoms with E-state index in [1.807, 2.05) is 19.1 Å². The lowest BCUT2D eigenvalue weighted by Crippen LogP contribution is -2.40. The maximum Gasteiger partial charge on any atom is 0.254 e. The average Bonchev–Trinajstić information content (AvgIpc) is 2.78. The fourth-order valence-corrected chi connectivity index (χ4v) is 4.70. The van der Waals surface area contributed by atoms with Crippen LogP contribution < -0.4 is 10.1 Å².